The summed E-state index contributed by atoms with van der Waals surface area (Å²) in [6, 6.07) is 20.2. The Morgan fingerprint density at radius 3 is 2.17 bits per heavy atom. The standard InChI is InChI=1S/C22H16OS/c23-22-20(16-10-4-1-5-11-16)18-14-8-3-9-15-19(18)21(24-22)17-12-6-2-7-13-17/h1-14H,15H2. The second-order valence-corrected chi connectivity index (χ2v) is 6.69. The molecule has 3 aromatic rings. The number of allylic oxidation sites excluding steroid dienone is 3. The Kier molecular flexibility index (Phi) is 3.97. The SMILES string of the molecule is O=c1sc(-c2ccccc2)c2c(c1-c1ccccc1)C=CC=CC2. The molecule has 1 aliphatic carbocycles. The summed E-state index contributed by atoms with van der Waals surface area (Å²) in [6.07, 6.45) is 9.14. The van der Waals surface area contributed by atoms with Crippen molar-refractivity contribution in [2.75, 3.05) is 0 Å². The maximum Gasteiger partial charge on any atom is 0.241 e. The van der Waals surface area contributed by atoms with Crippen LogP contribution in [0.15, 0.2) is 83.7 Å². The Morgan fingerprint density at radius 1 is 0.792 bits per heavy atom. The molecule has 1 heterocycles. The van der Waals surface area contributed by atoms with Crippen LogP contribution < -0.4 is 4.74 Å². The fraction of sp³-hybridized carbons (Fsp3) is 0.0455. The molecule has 0 N–H and O–H groups in total. The molecule has 2 heteroatoms. The molecule has 0 amide bonds. The van der Waals surface area contributed by atoms with Gasteiger partial charge in [-0.15, -0.1) is 0 Å². The van der Waals surface area contributed by atoms with Crippen molar-refractivity contribution < 1.29 is 0 Å². The van der Waals surface area contributed by atoms with Gasteiger partial charge in [-0.2, -0.15) is 0 Å². The van der Waals surface area contributed by atoms with E-state index in [4.69, 9.17) is 0 Å². The highest BCUT2D eigenvalue weighted by molar-refractivity contribution is 7.13. The Bertz CT molecular complexity index is 980. The molecule has 0 bridgehead atoms. The fourth-order valence-corrected chi connectivity index (χ4v) is 4.18. The van der Waals surface area contributed by atoms with E-state index < -0.39 is 0 Å². The van der Waals surface area contributed by atoms with Crippen LogP contribution in [0.5, 0.6) is 0 Å². The molecule has 1 aliphatic rings. The van der Waals surface area contributed by atoms with Crippen LogP contribution in [0.25, 0.3) is 27.6 Å². The summed E-state index contributed by atoms with van der Waals surface area (Å²) in [5.41, 5.74) is 5.19. The van der Waals surface area contributed by atoms with Crippen LogP contribution in [-0.4, -0.2) is 0 Å². The summed E-state index contributed by atoms with van der Waals surface area (Å²) in [5, 5.41) is 0. The van der Waals surface area contributed by atoms with Crippen LogP contribution >= 0.6 is 11.3 Å². The van der Waals surface area contributed by atoms with Crippen molar-refractivity contribution in [1.82, 2.24) is 0 Å². The van der Waals surface area contributed by atoms with Gasteiger partial charge < -0.3 is 0 Å². The first-order valence-corrected chi connectivity index (χ1v) is 8.80. The largest absolute Gasteiger partial charge is 0.277 e. The first kappa shape index (κ1) is 14.9. The highest BCUT2D eigenvalue weighted by atomic mass is 32.1. The Labute approximate surface area is 145 Å². The second-order valence-electron chi connectivity index (χ2n) is 5.71. The fourth-order valence-electron chi connectivity index (χ4n) is 3.09. The summed E-state index contributed by atoms with van der Waals surface area (Å²) in [7, 11) is 0. The molecule has 0 saturated carbocycles. The lowest BCUT2D eigenvalue weighted by Gasteiger charge is -2.14. The van der Waals surface area contributed by atoms with E-state index >= 15 is 0 Å². The lowest BCUT2D eigenvalue weighted by atomic mass is 9.95. The summed E-state index contributed by atoms with van der Waals surface area (Å²) in [6.45, 7) is 0. The molecule has 0 unspecified atom stereocenters. The second kappa shape index (κ2) is 6.42. The average molecular weight is 328 g/mol. The predicted molar refractivity (Wildman–Crippen MR) is 103 cm³/mol. The van der Waals surface area contributed by atoms with Crippen LogP contribution in [0, 0.1) is 0 Å². The zero-order valence-electron chi connectivity index (χ0n) is 13.1. The van der Waals surface area contributed by atoms with E-state index in [0.717, 1.165) is 33.6 Å². The maximum atomic E-state index is 13.0. The first-order chi connectivity index (χ1) is 11.8. The van der Waals surface area contributed by atoms with Gasteiger partial charge in [-0.3, -0.25) is 4.79 Å². The van der Waals surface area contributed by atoms with Gasteiger partial charge in [0, 0.05) is 10.4 Å². The van der Waals surface area contributed by atoms with E-state index in [1.54, 1.807) is 0 Å². The van der Waals surface area contributed by atoms with Crippen LogP contribution in [0.4, 0.5) is 0 Å². The van der Waals surface area contributed by atoms with Gasteiger partial charge in [-0.05, 0) is 28.7 Å². The molecule has 0 radical (unpaired) electrons. The molecule has 0 atom stereocenters. The number of fused-ring (bicyclic) bond motifs is 1. The normalized spacial score (nSPS) is 12.7. The highest BCUT2D eigenvalue weighted by Gasteiger charge is 2.18. The van der Waals surface area contributed by atoms with Gasteiger partial charge in [-0.25, -0.2) is 0 Å². The Hall–Kier alpha value is -2.71. The van der Waals surface area contributed by atoms with Gasteiger partial charge in [0.25, 0.3) is 0 Å². The van der Waals surface area contributed by atoms with Crippen molar-refractivity contribution in [1.29, 1.82) is 0 Å². The van der Waals surface area contributed by atoms with Crippen molar-refractivity contribution in [2.24, 2.45) is 0 Å². The Balaban J connectivity index is 2.04. The molecule has 4 rings (SSSR count). The summed E-state index contributed by atoms with van der Waals surface area (Å²) >= 11 is 1.35. The molecule has 1 aromatic heterocycles. The third-order valence-corrected chi connectivity index (χ3v) is 5.27. The van der Waals surface area contributed by atoms with E-state index in [1.807, 2.05) is 54.6 Å². The Morgan fingerprint density at radius 2 is 1.46 bits per heavy atom. The van der Waals surface area contributed by atoms with E-state index in [9.17, 15) is 4.79 Å². The predicted octanol–water partition coefficient (Wildman–Crippen LogP) is 5.57. The first-order valence-electron chi connectivity index (χ1n) is 7.98. The lowest BCUT2D eigenvalue weighted by Crippen LogP contribution is -2.06. The topological polar surface area (TPSA) is 17.1 Å². The van der Waals surface area contributed by atoms with Crippen molar-refractivity contribution >= 4 is 17.4 Å². The van der Waals surface area contributed by atoms with Gasteiger partial charge in [0.2, 0.25) is 4.74 Å². The van der Waals surface area contributed by atoms with Crippen molar-refractivity contribution in [3.8, 4) is 21.6 Å². The minimum Gasteiger partial charge on any atom is -0.277 e. The minimum atomic E-state index is 0.116. The number of benzene rings is 2. The number of hydrogen-bond acceptors (Lipinski definition) is 2. The molecule has 0 fully saturated rings. The molecule has 0 spiro atoms. The van der Waals surface area contributed by atoms with Crippen molar-refractivity contribution in [3.05, 3.63) is 99.6 Å². The zero-order chi connectivity index (χ0) is 16.4. The van der Waals surface area contributed by atoms with Gasteiger partial charge in [0.15, 0.2) is 0 Å². The molecule has 24 heavy (non-hydrogen) atoms. The minimum absolute atomic E-state index is 0.116. The summed E-state index contributed by atoms with van der Waals surface area (Å²) < 4.78 is 0.116. The van der Waals surface area contributed by atoms with Crippen molar-refractivity contribution in [3.63, 3.8) is 0 Å². The van der Waals surface area contributed by atoms with Gasteiger partial charge in [0.1, 0.15) is 0 Å². The van der Waals surface area contributed by atoms with Crippen LogP contribution in [-0.2, 0) is 6.42 Å². The molecular weight excluding hydrogens is 312 g/mol. The van der Waals surface area contributed by atoms with Crippen molar-refractivity contribution in [2.45, 2.75) is 6.42 Å². The van der Waals surface area contributed by atoms with Crippen LogP contribution in [0.2, 0.25) is 0 Å². The smallest absolute Gasteiger partial charge is 0.241 e. The van der Waals surface area contributed by atoms with Gasteiger partial charge in [0.05, 0.1) is 0 Å². The van der Waals surface area contributed by atoms with Crippen LogP contribution in [0.3, 0.4) is 0 Å². The molecular formula is C22H16OS. The highest BCUT2D eigenvalue weighted by Crippen LogP contribution is 2.35. The number of hydrogen-bond donors (Lipinski definition) is 0. The zero-order valence-corrected chi connectivity index (χ0v) is 13.9. The summed E-state index contributed by atoms with van der Waals surface area (Å²) in [4.78, 5) is 14.0. The number of rotatable bonds is 2. The van der Waals surface area contributed by atoms with E-state index in [1.165, 1.54) is 16.9 Å². The van der Waals surface area contributed by atoms with Gasteiger partial charge in [-0.1, -0.05) is 96.3 Å². The van der Waals surface area contributed by atoms with E-state index in [0.29, 0.717) is 0 Å². The molecule has 116 valence electrons. The molecule has 0 saturated heterocycles. The third-order valence-electron chi connectivity index (χ3n) is 4.20. The monoisotopic (exact) mass is 328 g/mol. The molecule has 2 aromatic carbocycles. The third kappa shape index (κ3) is 2.66. The lowest BCUT2D eigenvalue weighted by molar-refractivity contribution is 1.28. The molecule has 0 aliphatic heterocycles. The van der Waals surface area contributed by atoms with Crippen LogP contribution in [0.1, 0.15) is 11.1 Å². The average Bonchev–Trinajstić information content (AvgIpc) is 2.88. The summed E-state index contributed by atoms with van der Waals surface area (Å²) in [5.74, 6) is 0. The van der Waals surface area contributed by atoms with Gasteiger partial charge >= 0.3 is 0 Å². The molecule has 1 nitrogen and oxygen atoms in total. The van der Waals surface area contributed by atoms with E-state index in [-0.39, 0.29) is 4.74 Å². The van der Waals surface area contributed by atoms with E-state index in [2.05, 4.69) is 30.4 Å². The quantitative estimate of drug-likeness (QED) is 0.601. The maximum absolute atomic E-state index is 13.0.